The highest BCUT2D eigenvalue weighted by Crippen LogP contribution is 2.31. The summed E-state index contributed by atoms with van der Waals surface area (Å²) in [5.41, 5.74) is 2.51. The van der Waals surface area contributed by atoms with Crippen LogP contribution in [0, 0.1) is 13.8 Å². The van der Waals surface area contributed by atoms with Crippen molar-refractivity contribution in [1.29, 1.82) is 0 Å². The fourth-order valence-electron chi connectivity index (χ4n) is 3.99. The number of rotatable bonds is 10. The molecule has 2 amide bonds. The molecule has 7 nitrogen and oxygen atoms in total. The molecule has 0 saturated heterocycles. The molecule has 0 aliphatic rings. The predicted molar refractivity (Wildman–Crippen MR) is 159 cm³/mol. The first-order valence-corrected chi connectivity index (χ1v) is 15.1. The first kappa shape index (κ1) is 30.7. The molecule has 3 rings (SSSR count). The second kappa shape index (κ2) is 13.0. The summed E-state index contributed by atoms with van der Waals surface area (Å²) in [6, 6.07) is 17.8. The molecule has 208 valence electrons. The molecule has 39 heavy (non-hydrogen) atoms. The van der Waals surface area contributed by atoms with Gasteiger partial charge in [-0.2, -0.15) is 0 Å². The molecule has 0 saturated carbocycles. The molecule has 1 atom stereocenters. The van der Waals surface area contributed by atoms with Gasteiger partial charge >= 0.3 is 0 Å². The first-order valence-electron chi connectivity index (χ1n) is 12.5. The number of anilines is 1. The van der Waals surface area contributed by atoms with Crippen molar-refractivity contribution in [3.8, 4) is 0 Å². The third kappa shape index (κ3) is 7.62. The Morgan fingerprint density at radius 2 is 1.56 bits per heavy atom. The summed E-state index contributed by atoms with van der Waals surface area (Å²) in [4.78, 5) is 28.4. The van der Waals surface area contributed by atoms with Gasteiger partial charge in [-0.05, 0) is 82.1 Å². The molecular weight excluding hydrogens is 602 g/mol. The van der Waals surface area contributed by atoms with E-state index in [0.717, 1.165) is 19.9 Å². The van der Waals surface area contributed by atoms with E-state index in [2.05, 4.69) is 21.2 Å². The lowest BCUT2D eigenvalue weighted by Crippen LogP contribution is -2.52. The monoisotopic (exact) mass is 633 g/mol. The van der Waals surface area contributed by atoms with E-state index in [1.54, 1.807) is 44.2 Å². The van der Waals surface area contributed by atoms with Gasteiger partial charge < -0.3 is 10.2 Å². The van der Waals surface area contributed by atoms with Crippen molar-refractivity contribution in [3.63, 3.8) is 0 Å². The minimum absolute atomic E-state index is 0.0466. The second-order valence-electron chi connectivity index (χ2n) is 9.70. The van der Waals surface area contributed by atoms with Crippen molar-refractivity contribution in [2.75, 3.05) is 10.8 Å². The summed E-state index contributed by atoms with van der Waals surface area (Å²) < 4.78 is 29.8. The number of nitrogens with zero attached hydrogens (tertiary/aromatic N) is 2. The third-order valence-electron chi connectivity index (χ3n) is 6.26. The minimum atomic E-state index is -4.16. The fourth-order valence-corrected chi connectivity index (χ4v) is 5.90. The summed E-state index contributed by atoms with van der Waals surface area (Å²) in [6.07, 6.45) is 0. The summed E-state index contributed by atoms with van der Waals surface area (Å²) in [6.45, 7) is 8.48. The van der Waals surface area contributed by atoms with E-state index in [1.165, 1.54) is 17.0 Å². The molecule has 10 heteroatoms. The number of hydrogen-bond acceptors (Lipinski definition) is 4. The Morgan fingerprint density at radius 3 is 2.15 bits per heavy atom. The maximum Gasteiger partial charge on any atom is 0.264 e. The number of hydrogen-bond donors (Lipinski definition) is 1. The van der Waals surface area contributed by atoms with Crippen molar-refractivity contribution in [2.45, 2.75) is 58.1 Å². The van der Waals surface area contributed by atoms with Crippen LogP contribution in [0.1, 0.15) is 37.5 Å². The van der Waals surface area contributed by atoms with E-state index in [0.29, 0.717) is 16.3 Å². The van der Waals surface area contributed by atoms with Crippen LogP contribution in [-0.4, -0.2) is 43.8 Å². The highest BCUT2D eigenvalue weighted by Gasteiger charge is 2.33. The van der Waals surface area contributed by atoms with Crippen LogP contribution in [0.4, 0.5) is 5.69 Å². The van der Waals surface area contributed by atoms with Crippen LogP contribution in [0.15, 0.2) is 76.1 Å². The molecule has 0 radical (unpaired) electrons. The average molecular weight is 635 g/mol. The molecule has 0 fully saturated rings. The summed E-state index contributed by atoms with van der Waals surface area (Å²) in [7, 11) is -4.16. The SMILES string of the molecule is Cc1ccc(S(=O)(=O)N(CC(=O)N(Cc2ccc(Br)cc2)[C@@H](C)C(=O)NC(C)C)c2cccc(Cl)c2C)cc1. The van der Waals surface area contributed by atoms with E-state index in [4.69, 9.17) is 11.6 Å². The van der Waals surface area contributed by atoms with Gasteiger partial charge in [0.2, 0.25) is 11.8 Å². The maximum atomic E-state index is 14.0. The number of amides is 2. The lowest BCUT2D eigenvalue weighted by atomic mass is 10.1. The van der Waals surface area contributed by atoms with Gasteiger partial charge in [0.1, 0.15) is 12.6 Å². The minimum Gasteiger partial charge on any atom is -0.352 e. The van der Waals surface area contributed by atoms with E-state index in [9.17, 15) is 18.0 Å². The van der Waals surface area contributed by atoms with E-state index in [1.807, 2.05) is 45.0 Å². The zero-order chi connectivity index (χ0) is 28.9. The van der Waals surface area contributed by atoms with Gasteiger partial charge in [0.25, 0.3) is 10.0 Å². The molecule has 1 N–H and O–H groups in total. The standard InChI is InChI=1S/C29H33BrClN3O4S/c1-19(2)32-29(36)22(5)33(17-23-11-13-24(30)14-12-23)28(35)18-34(27-8-6-7-26(31)21(27)4)39(37,38)25-15-9-20(3)10-16-25/h6-16,19,22H,17-18H2,1-5H3,(H,32,36)/t22-/m0/s1. The van der Waals surface area contributed by atoms with Crippen molar-refractivity contribution < 1.29 is 18.0 Å². The number of carbonyl (C=O) groups is 2. The van der Waals surface area contributed by atoms with Crippen LogP contribution in [0.25, 0.3) is 0 Å². The van der Waals surface area contributed by atoms with Crippen LogP contribution in [0.3, 0.4) is 0 Å². The maximum absolute atomic E-state index is 14.0. The number of carbonyl (C=O) groups excluding carboxylic acids is 2. The van der Waals surface area contributed by atoms with Crippen molar-refractivity contribution >= 4 is 55.1 Å². The van der Waals surface area contributed by atoms with Crippen LogP contribution in [0.2, 0.25) is 5.02 Å². The fraction of sp³-hybridized carbons (Fsp3) is 0.310. The quantitative estimate of drug-likeness (QED) is 0.303. The van der Waals surface area contributed by atoms with E-state index < -0.39 is 28.5 Å². The topological polar surface area (TPSA) is 86.8 Å². The molecule has 3 aromatic carbocycles. The van der Waals surface area contributed by atoms with Crippen LogP contribution >= 0.6 is 27.5 Å². The third-order valence-corrected chi connectivity index (χ3v) is 8.97. The van der Waals surface area contributed by atoms with Crippen LogP contribution in [0.5, 0.6) is 0 Å². The van der Waals surface area contributed by atoms with Crippen LogP contribution in [-0.2, 0) is 26.2 Å². The molecule has 3 aromatic rings. The largest absolute Gasteiger partial charge is 0.352 e. The van der Waals surface area contributed by atoms with Crippen molar-refractivity contribution in [2.24, 2.45) is 0 Å². The molecule has 0 spiro atoms. The Kier molecular flexibility index (Phi) is 10.2. The van der Waals surface area contributed by atoms with Gasteiger partial charge in [-0.25, -0.2) is 8.42 Å². The zero-order valence-corrected chi connectivity index (χ0v) is 25.8. The Hall–Kier alpha value is -2.88. The highest BCUT2D eigenvalue weighted by molar-refractivity contribution is 9.10. The average Bonchev–Trinajstić information content (AvgIpc) is 2.88. The Bertz CT molecular complexity index is 1430. The van der Waals surface area contributed by atoms with Gasteiger partial charge in [0.05, 0.1) is 10.6 Å². The molecule has 0 aromatic heterocycles. The summed E-state index contributed by atoms with van der Waals surface area (Å²) in [5, 5.41) is 3.22. The van der Waals surface area contributed by atoms with Crippen LogP contribution < -0.4 is 9.62 Å². The Labute approximate surface area is 244 Å². The van der Waals surface area contributed by atoms with Gasteiger partial charge in [-0.3, -0.25) is 13.9 Å². The number of nitrogens with one attached hydrogen (secondary N) is 1. The number of sulfonamides is 1. The van der Waals surface area contributed by atoms with Crippen molar-refractivity contribution in [3.05, 3.63) is 92.9 Å². The predicted octanol–water partition coefficient (Wildman–Crippen LogP) is 5.86. The molecule has 0 aliphatic carbocycles. The first-order chi connectivity index (χ1) is 18.3. The van der Waals surface area contributed by atoms with Gasteiger partial charge in [0.15, 0.2) is 0 Å². The summed E-state index contributed by atoms with van der Waals surface area (Å²) >= 11 is 9.77. The normalized spacial score (nSPS) is 12.2. The zero-order valence-electron chi connectivity index (χ0n) is 22.6. The van der Waals surface area contributed by atoms with Gasteiger partial charge in [0, 0.05) is 22.1 Å². The highest BCUT2D eigenvalue weighted by atomic mass is 79.9. The molecule has 0 bridgehead atoms. The Morgan fingerprint density at radius 1 is 0.949 bits per heavy atom. The Balaban J connectivity index is 2.07. The number of halogens is 2. The molecule has 0 heterocycles. The lowest BCUT2D eigenvalue weighted by molar-refractivity contribution is -0.139. The van der Waals surface area contributed by atoms with E-state index in [-0.39, 0.29) is 23.4 Å². The van der Waals surface area contributed by atoms with Gasteiger partial charge in [-0.1, -0.05) is 63.4 Å². The van der Waals surface area contributed by atoms with Crippen molar-refractivity contribution in [1.82, 2.24) is 10.2 Å². The molecule has 0 unspecified atom stereocenters. The van der Waals surface area contributed by atoms with Gasteiger partial charge in [-0.15, -0.1) is 0 Å². The summed E-state index contributed by atoms with van der Waals surface area (Å²) in [5.74, 6) is -0.860. The molecular formula is C29H33BrClN3O4S. The molecule has 0 aliphatic heterocycles. The number of aryl methyl sites for hydroxylation is 1. The smallest absolute Gasteiger partial charge is 0.264 e. The number of benzene rings is 3. The lowest BCUT2D eigenvalue weighted by Gasteiger charge is -2.33. The second-order valence-corrected chi connectivity index (χ2v) is 12.9. The van der Waals surface area contributed by atoms with E-state index >= 15 is 0 Å².